The van der Waals surface area contributed by atoms with Crippen molar-refractivity contribution in [2.24, 2.45) is 7.05 Å². The second kappa shape index (κ2) is 22.5. The molecule has 1 aliphatic heterocycles. The van der Waals surface area contributed by atoms with E-state index in [1.165, 1.54) is 55.3 Å². The monoisotopic (exact) mass is 905 g/mol. The summed E-state index contributed by atoms with van der Waals surface area (Å²) < 4.78 is 46.5. The van der Waals surface area contributed by atoms with Gasteiger partial charge in [0.1, 0.15) is 11.2 Å². The topological polar surface area (TPSA) is 202 Å². The van der Waals surface area contributed by atoms with Gasteiger partial charge in [-0.3, -0.25) is 14.4 Å². The number of likely N-dealkylation sites (N-methyl/N-ethyl adjacent to an activating group) is 1. The van der Waals surface area contributed by atoms with Crippen molar-refractivity contribution in [1.29, 1.82) is 0 Å². The number of hydrogen-bond donors (Lipinski definition) is 2. The SMILES string of the molecule is COc1ccc(-c2cnc(C(=O)Nc3ccc(C(=O)N4CCN(C(=O)CCC[N+](C)(CCCNC(=O)OC(C)(C)C)CC(=O)OC(C)(C)C)CC4)c(Cl)c3)n2C)c(F)c1F.O=C[O-]. The summed E-state index contributed by atoms with van der Waals surface area (Å²) in [4.78, 5) is 80.5. The van der Waals surface area contributed by atoms with Gasteiger partial charge in [-0.05, 0) is 71.9 Å². The van der Waals surface area contributed by atoms with Crippen LogP contribution in [0.4, 0.5) is 19.3 Å². The quantitative estimate of drug-likeness (QED) is 0.0947. The lowest BCUT2D eigenvalue weighted by Gasteiger charge is -2.36. The smallest absolute Gasteiger partial charge is 0.407 e. The first kappa shape index (κ1) is 51.5. The maximum absolute atomic E-state index is 14.8. The highest BCUT2D eigenvalue weighted by Crippen LogP contribution is 2.30. The molecule has 4 amide bonds. The number of aromatic nitrogens is 2. The summed E-state index contributed by atoms with van der Waals surface area (Å²) in [6.07, 6.45) is 2.09. The van der Waals surface area contributed by atoms with E-state index in [1.807, 2.05) is 27.8 Å². The molecule has 1 aliphatic rings. The predicted molar refractivity (Wildman–Crippen MR) is 228 cm³/mol. The molecule has 3 aromatic rings. The summed E-state index contributed by atoms with van der Waals surface area (Å²) in [6, 6.07) is 7.06. The number of carbonyl (C=O) groups excluding carboxylic acids is 6. The van der Waals surface area contributed by atoms with Crippen LogP contribution in [-0.4, -0.2) is 138 Å². The first-order chi connectivity index (χ1) is 29.4. The number of halogens is 3. The molecule has 1 fully saturated rings. The number of anilines is 1. The molecule has 0 saturated carbocycles. The maximum Gasteiger partial charge on any atom is 0.407 e. The molecule has 346 valence electrons. The van der Waals surface area contributed by atoms with Gasteiger partial charge < -0.3 is 53.6 Å². The van der Waals surface area contributed by atoms with Gasteiger partial charge in [0.25, 0.3) is 11.8 Å². The third kappa shape index (κ3) is 15.5. The lowest BCUT2D eigenvalue weighted by molar-refractivity contribution is -0.902. The van der Waals surface area contributed by atoms with Crippen LogP contribution >= 0.6 is 11.6 Å². The fraction of sp³-hybridized carbons (Fsp3) is 0.512. The van der Waals surface area contributed by atoms with Crippen LogP contribution in [0.1, 0.15) is 81.8 Å². The van der Waals surface area contributed by atoms with Crippen LogP contribution in [0.5, 0.6) is 5.75 Å². The molecule has 2 aromatic carbocycles. The molecule has 2 N–H and O–H groups in total. The fourth-order valence-electron chi connectivity index (χ4n) is 6.73. The second-order valence-corrected chi connectivity index (χ2v) is 17.5. The van der Waals surface area contributed by atoms with E-state index >= 15 is 0 Å². The van der Waals surface area contributed by atoms with Gasteiger partial charge in [0.2, 0.25) is 11.7 Å². The number of esters is 1. The number of ether oxygens (including phenoxy) is 3. The van der Waals surface area contributed by atoms with Gasteiger partial charge in [-0.15, -0.1) is 0 Å². The van der Waals surface area contributed by atoms with Crippen molar-refractivity contribution in [3.8, 4) is 17.0 Å². The highest BCUT2D eigenvalue weighted by molar-refractivity contribution is 6.34. The van der Waals surface area contributed by atoms with Gasteiger partial charge >= 0.3 is 12.1 Å². The van der Waals surface area contributed by atoms with Crippen molar-refractivity contribution < 1.29 is 61.3 Å². The minimum atomic E-state index is -1.16. The first-order valence-corrected chi connectivity index (χ1v) is 20.6. The van der Waals surface area contributed by atoms with Crippen LogP contribution in [-0.2, 0) is 30.9 Å². The molecule has 0 spiro atoms. The van der Waals surface area contributed by atoms with Crippen molar-refractivity contribution in [3.63, 3.8) is 0 Å². The number of rotatable bonds is 15. The number of methoxy groups -OCH3 is 1. The highest BCUT2D eigenvalue weighted by atomic mass is 35.5. The summed E-state index contributed by atoms with van der Waals surface area (Å²) in [5, 5.41) is 13.8. The lowest BCUT2D eigenvalue weighted by atomic mass is 10.1. The molecule has 0 aliphatic carbocycles. The van der Waals surface area contributed by atoms with E-state index in [0.717, 1.165) is 0 Å². The number of carboxylic acid groups (broad SMARTS) is 1. The van der Waals surface area contributed by atoms with Gasteiger partial charge in [0.15, 0.2) is 23.9 Å². The van der Waals surface area contributed by atoms with Crippen molar-refractivity contribution in [2.75, 3.05) is 71.8 Å². The van der Waals surface area contributed by atoms with Gasteiger partial charge in [0.05, 0.1) is 49.7 Å². The van der Waals surface area contributed by atoms with Gasteiger partial charge in [0, 0.05) is 76.8 Å². The Morgan fingerprint density at radius 2 is 1.52 bits per heavy atom. The van der Waals surface area contributed by atoms with E-state index in [2.05, 4.69) is 15.6 Å². The largest absolute Gasteiger partial charge is 0.554 e. The lowest BCUT2D eigenvalue weighted by Crippen LogP contribution is -2.52. The molecule has 20 heteroatoms. The number of carbonyl (C=O) groups is 6. The van der Waals surface area contributed by atoms with E-state index in [1.54, 1.807) is 30.6 Å². The van der Waals surface area contributed by atoms with Gasteiger partial charge in [-0.2, -0.15) is 4.39 Å². The van der Waals surface area contributed by atoms with Crippen LogP contribution in [0.3, 0.4) is 0 Å². The van der Waals surface area contributed by atoms with E-state index in [-0.39, 0.29) is 82.9 Å². The van der Waals surface area contributed by atoms with Crippen molar-refractivity contribution >= 4 is 53.5 Å². The Morgan fingerprint density at radius 3 is 2.11 bits per heavy atom. The van der Waals surface area contributed by atoms with Gasteiger partial charge in [-0.1, -0.05) is 11.6 Å². The minimum Gasteiger partial charge on any atom is -0.554 e. The zero-order valence-corrected chi connectivity index (χ0v) is 38.0. The molecule has 0 bridgehead atoms. The summed E-state index contributed by atoms with van der Waals surface area (Å²) in [7, 11) is 4.65. The molecule has 2 heterocycles. The molecular weight excluding hydrogens is 848 g/mol. The van der Waals surface area contributed by atoms with E-state index < -0.39 is 41.3 Å². The normalized spacial score (nSPS) is 13.8. The number of quaternary nitrogens is 1. The summed E-state index contributed by atoms with van der Waals surface area (Å²) in [5.41, 5.74) is -0.708. The molecule has 1 aromatic heterocycles. The Balaban J connectivity index is 0.00000342. The Labute approximate surface area is 371 Å². The molecule has 63 heavy (non-hydrogen) atoms. The molecule has 4 rings (SSSR count). The number of alkyl carbamates (subject to hydrolysis) is 1. The Morgan fingerprint density at radius 1 is 0.921 bits per heavy atom. The summed E-state index contributed by atoms with van der Waals surface area (Å²) >= 11 is 6.53. The summed E-state index contributed by atoms with van der Waals surface area (Å²) in [5.74, 6) is -4.02. The van der Waals surface area contributed by atoms with Gasteiger partial charge in [-0.25, -0.2) is 19.0 Å². The molecule has 1 saturated heterocycles. The predicted octanol–water partition coefficient (Wildman–Crippen LogP) is 4.41. The molecule has 0 radical (unpaired) electrons. The molecule has 17 nitrogen and oxygen atoms in total. The summed E-state index contributed by atoms with van der Waals surface area (Å²) in [6.45, 7) is 13.1. The number of nitrogens with zero attached hydrogens (tertiary/aromatic N) is 5. The van der Waals surface area contributed by atoms with Crippen LogP contribution in [0.25, 0.3) is 11.3 Å². The Bertz CT molecular complexity index is 2110. The standard InChI is InChI=1S/C42H56ClF2N7O8.CH2O2/c1-41(2,3)59-34(54)26-52(8,23-11-17-46-40(57)60-42(4,5)6)22-10-12-33(53)50-18-20-51(21-19-50)39(56)28-14-13-27(24-30(28)43)48-38(55)37-47-25-31(49(37)7)29-15-16-32(58-9)36(45)35(29)44;2-1-3/h13-16,24-25H,10-12,17-23,26H2,1-9H3,(H-,46,48,55,56,57);1H,(H,2,3). The highest BCUT2D eigenvalue weighted by Gasteiger charge is 2.31. The van der Waals surface area contributed by atoms with Crippen LogP contribution in [0.2, 0.25) is 5.02 Å². The average molecular weight is 906 g/mol. The van der Waals surface area contributed by atoms with Crippen LogP contribution in [0.15, 0.2) is 36.5 Å². The average Bonchev–Trinajstić information content (AvgIpc) is 3.57. The molecule has 1 atom stereocenters. The number of nitrogens with one attached hydrogen (secondary N) is 2. The Hall–Kier alpha value is -5.82. The van der Waals surface area contributed by atoms with E-state index in [4.69, 9.17) is 35.7 Å². The number of hydrogen-bond acceptors (Lipinski definition) is 11. The van der Waals surface area contributed by atoms with E-state index in [9.17, 15) is 32.8 Å². The van der Waals surface area contributed by atoms with Crippen LogP contribution in [0, 0.1) is 11.6 Å². The third-order valence-corrected chi connectivity index (χ3v) is 9.99. The maximum atomic E-state index is 14.8. The number of imidazole rings is 1. The zero-order valence-electron chi connectivity index (χ0n) is 37.3. The van der Waals surface area contributed by atoms with E-state index in [0.29, 0.717) is 50.0 Å². The van der Waals surface area contributed by atoms with Crippen molar-refractivity contribution in [2.45, 2.75) is 72.0 Å². The van der Waals surface area contributed by atoms with Crippen molar-refractivity contribution in [3.05, 3.63) is 64.6 Å². The first-order valence-electron chi connectivity index (χ1n) is 20.2. The fourth-order valence-corrected chi connectivity index (χ4v) is 6.99. The number of amides is 4. The third-order valence-electron chi connectivity index (χ3n) is 9.67. The van der Waals surface area contributed by atoms with Crippen molar-refractivity contribution in [1.82, 2.24) is 24.7 Å². The number of piperazine rings is 1. The molecular formula is C43H58ClF2N7O10. The second-order valence-electron chi connectivity index (χ2n) is 17.1. The number of benzene rings is 2. The minimum absolute atomic E-state index is 0.0585. The molecule has 1 unspecified atom stereocenters. The zero-order chi connectivity index (χ0) is 47.3. The Kier molecular flexibility index (Phi) is 18.4. The van der Waals surface area contributed by atoms with Crippen LogP contribution < -0.4 is 20.5 Å².